The minimum Gasteiger partial charge on any atom is -0.481 e. The fourth-order valence-corrected chi connectivity index (χ4v) is 1.59. The van der Waals surface area contributed by atoms with Gasteiger partial charge in [-0.3, -0.25) is 4.79 Å². The molecule has 0 aromatic rings. The lowest BCUT2D eigenvalue weighted by molar-refractivity contribution is -0.137. The molecule has 0 aromatic heterocycles. The van der Waals surface area contributed by atoms with Crippen molar-refractivity contribution in [3.05, 3.63) is 0 Å². The van der Waals surface area contributed by atoms with Crippen LogP contribution in [-0.4, -0.2) is 23.7 Å². The Morgan fingerprint density at radius 2 is 2.45 bits per heavy atom. The van der Waals surface area contributed by atoms with E-state index in [1.807, 2.05) is 0 Å². The molecule has 1 aliphatic rings. The Hall–Kier alpha value is -0.570. The Bertz CT molecular complexity index is 147. The molecule has 2 unspecified atom stereocenters. The van der Waals surface area contributed by atoms with E-state index in [2.05, 4.69) is 12.2 Å². The van der Waals surface area contributed by atoms with Gasteiger partial charge in [-0.2, -0.15) is 0 Å². The van der Waals surface area contributed by atoms with Crippen LogP contribution in [0.5, 0.6) is 0 Å². The van der Waals surface area contributed by atoms with Crippen molar-refractivity contribution in [1.82, 2.24) is 5.32 Å². The fraction of sp³-hybridized carbons (Fsp3) is 0.875. The van der Waals surface area contributed by atoms with Gasteiger partial charge in [0, 0.05) is 6.04 Å². The average molecular weight is 157 g/mol. The Morgan fingerprint density at radius 1 is 1.73 bits per heavy atom. The van der Waals surface area contributed by atoms with Crippen LogP contribution in [0, 0.1) is 5.92 Å². The van der Waals surface area contributed by atoms with Crippen LogP contribution in [0.3, 0.4) is 0 Å². The standard InChI is InChI=1S/C8H15NO2/c1-6-2-3-9-7(4-6)5-8(10)11/h6-7,9H,2-5H2,1H3,(H,10,11). The number of carbonyl (C=O) groups is 1. The van der Waals surface area contributed by atoms with Crippen LogP contribution in [0.1, 0.15) is 26.2 Å². The van der Waals surface area contributed by atoms with E-state index in [1.165, 1.54) is 6.42 Å². The molecule has 2 atom stereocenters. The van der Waals surface area contributed by atoms with Crippen LogP contribution in [-0.2, 0) is 4.79 Å². The summed E-state index contributed by atoms with van der Waals surface area (Å²) in [6.45, 7) is 3.15. The molecule has 1 heterocycles. The molecule has 0 aromatic carbocycles. The molecule has 3 nitrogen and oxygen atoms in total. The lowest BCUT2D eigenvalue weighted by Crippen LogP contribution is -2.38. The first-order chi connectivity index (χ1) is 5.18. The first-order valence-corrected chi connectivity index (χ1v) is 4.13. The zero-order chi connectivity index (χ0) is 8.27. The zero-order valence-corrected chi connectivity index (χ0v) is 6.84. The van der Waals surface area contributed by atoms with Gasteiger partial charge in [-0.15, -0.1) is 0 Å². The molecule has 2 N–H and O–H groups in total. The van der Waals surface area contributed by atoms with Crippen LogP contribution in [0.4, 0.5) is 0 Å². The SMILES string of the molecule is CC1CCNC(CC(=O)O)C1. The highest BCUT2D eigenvalue weighted by Gasteiger charge is 2.19. The van der Waals surface area contributed by atoms with Gasteiger partial charge in [0.1, 0.15) is 0 Å². The average Bonchev–Trinajstić information content (AvgIpc) is 1.85. The summed E-state index contributed by atoms with van der Waals surface area (Å²) in [6.07, 6.45) is 2.45. The molecular weight excluding hydrogens is 142 g/mol. The Morgan fingerprint density at radius 3 is 3.00 bits per heavy atom. The summed E-state index contributed by atoms with van der Waals surface area (Å²) in [5, 5.41) is 11.7. The molecule has 0 amide bonds. The number of nitrogens with one attached hydrogen (secondary N) is 1. The van der Waals surface area contributed by atoms with E-state index in [9.17, 15) is 4.79 Å². The summed E-state index contributed by atoms with van der Waals surface area (Å²) in [7, 11) is 0. The zero-order valence-electron chi connectivity index (χ0n) is 6.84. The van der Waals surface area contributed by atoms with Gasteiger partial charge in [0.05, 0.1) is 6.42 Å². The van der Waals surface area contributed by atoms with E-state index in [0.717, 1.165) is 13.0 Å². The third-order valence-corrected chi connectivity index (χ3v) is 2.18. The Kier molecular flexibility index (Phi) is 2.88. The smallest absolute Gasteiger partial charge is 0.304 e. The number of rotatable bonds is 2. The summed E-state index contributed by atoms with van der Waals surface area (Å²) in [6, 6.07) is 0.205. The number of carboxylic acid groups (broad SMARTS) is 1. The van der Waals surface area contributed by atoms with Gasteiger partial charge < -0.3 is 10.4 Å². The molecule has 64 valence electrons. The predicted molar refractivity (Wildman–Crippen MR) is 42.4 cm³/mol. The first kappa shape index (κ1) is 8.53. The molecule has 11 heavy (non-hydrogen) atoms. The summed E-state index contributed by atoms with van der Waals surface area (Å²) in [5.74, 6) is -0.0165. The van der Waals surface area contributed by atoms with Crippen LogP contribution in [0.25, 0.3) is 0 Å². The molecule has 1 saturated heterocycles. The van der Waals surface area contributed by atoms with Crippen LogP contribution < -0.4 is 5.32 Å². The van der Waals surface area contributed by atoms with Crippen molar-refractivity contribution in [2.75, 3.05) is 6.54 Å². The van der Waals surface area contributed by atoms with E-state index < -0.39 is 5.97 Å². The summed E-state index contributed by atoms with van der Waals surface area (Å²) >= 11 is 0. The van der Waals surface area contributed by atoms with Crippen LogP contribution in [0.2, 0.25) is 0 Å². The summed E-state index contributed by atoms with van der Waals surface area (Å²) in [5.41, 5.74) is 0. The third kappa shape index (κ3) is 2.89. The quantitative estimate of drug-likeness (QED) is 0.624. The number of hydrogen-bond acceptors (Lipinski definition) is 2. The van der Waals surface area contributed by atoms with Gasteiger partial charge in [-0.05, 0) is 25.3 Å². The van der Waals surface area contributed by atoms with E-state index in [4.69, 9.17) is 5.11 Å². The second-order valence-corrected chi connectivity index (χ2v) is 3.38. The highest BCUT2D eigenvalue weighted by molar-refractivity contribution is 5.67. The van der Waals surface area contributed by atoms with Crippen molar-refractivity contribution in [2.24, 2.45) is 5.92 Å². The van der Waals surface area contributed by atoms with Gasteiger partial charge in [-0.1, -0.05) is 6.92 Å². The molecule has 0 spiro atoms. The second-order valence-electron chi connectivity index (χ2n) is 3.38. The van der Waals surface area contributed by atoms with Gasteiger partial charge in [0.2, 0.25) is 0 Å². The molecule has 0 aliphatic carbocycles. The molecule has 0 saturated carbocycles. The number of carboxylic acids is 1. The van der Waals surface area contributed by atoms with Gasteiger partial charge in [0.15, 0.2) is 0 Å². The summed E-state index contributed by atoms with van der Waals surface area (Å²) in [4.78, 5) is 10.3. The fourth-order valence-electron chi connectivity index (χ4n) is 1.59. The monoisotopic (exact) mass is 157 g/mol. The van der Waals surface area contributed by atoms with Crippen molar-refractivity contribution >= 4 is 5.97 Å². The van der Waals surface area contributed by atoms with Crippen molar-refractivity contribution in [3.8, 4) is 0 Å². The number of hydrogen-bond donors (Lipinski definition) is 2. The minimum absolute atomic E-state index is 0.205. The largest absolute Gasteiger partial charge is 0.481 e. The summed E-state index contributed by atoms with van der Waals surface area (Å²) < 4.78 is 0. The van der Waals surface area contributed by atoms with E-state index in [-0.39, 0.29) is 12.5 Å². The van der Waals surface area contributed by atoms with Gasteiger partial charge in [-0.25, -0.2) is 0 Å². The van der Waals surface area contributed by atoms with E-state index in [0.29, 0.717) is 5.92 Å². The number of aliphatic carboxylic acids is 1. The normalized spacial score (nSPS) is 31.7. The molecule has 3 heteroatoms. The molecular formula is C8H15NO2. The Balaban J connectivity index is 2.28. The maximum atomic E-state index is 10.3. The molecule has 1 aliphatic heterocycles. The van der Waals surface area contributed by atoms with Crippen molar-refractivity contribution in [2.45, 2.75) is 32.2 Å². The topological polar surface area (TPSA) is 49.3 Å². The minimum atomic E-state index is -0.698. The lowest BCUT2D eigenvalue weighted by atomic mass is 9.93. The van der Waals surface area contributed by atoms with Crippen molar-refractivity contribution in [3.63, 3.8) is 0 Å². The van der Waals surface area contributed by atoms with Crippen LogP contribution >= 0.6 is 0 Å². The molecule has 1 rings (SSSR count). The van der Waals surface area contributed by atoms with E-state index >= 15 is 0 Å². The highest BCUT2D eigenvalue weighted by Crippen LogP contribution is 2.16. The number of piperidine rings is 1. The third-order valence-electron chi connectivity index (χ3n) is 2.18. The van der Waals surface area contributed by atoms with Gasteiger partial charge >= 0.3 is 5.97 Å². The molecule has 0 radical (unpaired) electrons. The predicted octanol–water partition coefficient (Wildman–Crippen LogP) is 0.849. The lowest BCUT2D eigenvalue weighted by Gasteiger charge is -2.26. The van der Waals surface area contributed by atoms with Gasteiger partial charge in [0.25, 0.3) is 0 Å². The first-order valence-electron chi connectivity index (χ1n) is 4.13. The van der Waals surface area contributed by atoms with Crippen molar-refractivity contribution in [1.29, 1.82) is 0 Å². The second kappa shape index (κ2) is 3.72. The van der Waals surface area contributed by atoms with E-state index in [1.54, 1.807) is 0 Å². The molecule has 1 fully saturated rings. The maximum Gasteiger partial charge on any atom is 0.304 e. The Labute approximate surface area is 66.8 Å². The van der Waals surface area contributed by atoms with Crippen molar-refractivity contribution < 1.29 is 9.90 Å². The van der Waals surface area contributed by atoms with Crippen LogP contribution in [0.15, 0.2) is 0 Å². The maximum absolute atomic E-state index is 10.3. The molecule has 0 bridgehead atoms. The highest BCUT2D eigenvalue weighted by atomic mass is 16.4.